The summed E-state index contributed by atoms with van der Waals surface area (Å²) in [6.07, 6.45) is 0. The molecular weight excluding hydrogens is 388 g/mol. The van der Waals surface area contributed by atoms with E-state index in [4.69, 9.17) is 5.73 Å². The summed E-state index contributed by atoms with van der Waals surface area (Å²) in [5.41, 5.74) is 10.1. The molecule has 0 radical (unpaired) electrons. The highest BCUT2D eigenvalue weighted by atomic mass is 16.1. The fourth-order valence-electron chi connectivity index (χ4n) is 3.30. The van der Waals surface area contributed by atoms with Crippen molar-refractivity contribution in [1.29, 1.82) is 0 Å². The Morgan fingerprint density at radius 2 is 1.65 bits per heavy atom. The molecule has 0 aliphatic carbocycles. The Bertz CT molecular complexity index is 1280. The van der Waals surface area contributed by atoms with Crippen LogP contribution in [-0.2, 0) is 0 Å². The standard InChI is InChI=1S/C25H24N4O2/c1-25(2,3)22(30)16-9-12-20-21(14-16)29-23(28-20)17-5-4-6-19(13-17)27-24(31)15-7-10-18(26)11-8-15/h4-14H,26H2,1-3H3,(H,27,31)(H,28,29). The summed E-state index contributed by atoms with van der Waals surface area (Å²) >= 11 is 0. The van der Waals surface area contributed by atoms with Crippen molar-refractivity contribution in [3.8, 4) is 11.4 Å². The zero-order valence-corrected chi connectivity index (χ0v) is 17.7. The number of aromatic amines is 1. The molecule has 6 heteroatoms. The van der Waals surface area contributed by atoms with Gasteiger partial charge in [-0.05, 0) is 54.6 Å². The van der Waals surface area contributed by atoms with Crippen molar-refractivity contribution in [2.45, 2.75) is 20.8 Å². The average Bonchev–Trinajstić information content (AvgIpc) is 3.16. The topological polar surface area (TPSA) is 101 Å². The molecule has 0 saturated heterocycles. The summed E-state index contributed by atoms with van der Waals surface area (Å²) in [6, 6.07) is 19.7. The number of ketones is 1. The van der Waals surface area contributed by atoms with Crippen molar-refractivity contribution in [1.82, 2.24) is 9.97 Å². The lowest BCUT2D eigenvalue weighted by Gasteiger charge is -2.16. The Labute approximate surface area is 180 Å². The lowest BCUT2D eigenvalue weighted by molar-refractivity contribution is 0.0858. The molecule has 0 fully saturated rings. The number of benzene rings is 3. The molecule has 0 atom stereocenters. The van der Waals surface area contributed by atoms with Crippen LogP contribution < -0.4 is 11.1 Å². The van der Waals surface area contributed by atoms with Gasteiger partial charge < -0.3 is 16.0 Å². The van der Waals surface area contributed by atoms with Gasteiger partial charge >= 0.3 is 0 Å². The minimum absolute atomic E-state index is 0.0753. The number of fused-ring (bicyclic) bond motifs is 1. The van der Waals surface area contributed by atoms with Crippen molar-refractivity contribution < 1.29 is 9.59 Å². The molecule has 0 aliphatic heterocycles. The van der Waals surface area contributed by atoms with Gasteiger partial charge in [0.15, 0.2) is 5.78 Å². The molecular formula is C25H24N4O2. The third kappa shape index (κ3) is 4.33. The number of H-pyrrole nitrogens is 1. The van der Waals surface area contributed by atoms with Crippen LogP contribution in [0.2, 0.25) is 0 Å². The quantitative estimate of drug-likeness (QED) is 0.313. The molecule has 0 unspecified atom stereocenters. The molecule has 4 aromatic rings. The summed E-state index contributed by atoms with van der Waals surface area (Å²) in [4.78, 5) is 33.0. The van der Waals surface area contributed by atoms with Crippen LogP contribution in [0.15, 0.2) is 66.7 Å². The lowest BCUT2D eigenvalue weighted by atomic mass is 9.86. The zero-order chi connectivity index (χ0) is 22.2. The number of amides is 1. The fraction of sp³-hybridized carbons (Fsp3) is 0.160. The van der Waals surface area contributed by atoms with E-state index in [1.54, 1.807) is 24.3 Å². The monoisotopic (exact) mass is 412 g/mol. The zero-order valence-electron chi connectivity index (χ0n) is 17.7. The Morgan fingerprint density at radius 1 is 0.935 bits per heavy atom. The van der Waals surface area contributed by atoms with E-state index in [1.807, 2.05) is 63.2 Å². The van der Waals surface area contributed by atoms with E-state index >= 15 is 0 Å². The highest BCUT2D eigenvalue weighted by molar-refractivity contribution is 6.05. The SMILES string of the molecule is CC(C)(C)C(=O)c1ccc2[nH]c(-c3cccc(NC(=O)c4ccc(N)cc4)c3)nc2c1. The number of imidazole rings is 1. The second kappa shape index (κ2) is 7.72. The number of rotatable bonds is 4. The van der Waals surface area contributed by atoms with Gasteiger partial charge in [-0.2, -0.15) is 0 Å². The van der Waals surface area contributed by atoms with Gasteiger partial charge in [-0.1, -0.05) is 32.9 Å². The summed E-state index contributed by atoms with van der Waals surface area (Å²) in [7, 11) is 0. The number of hydrogen-bond donors (Lipinski definition) is 3. The maximum absolute atomic E-state index is 12.6. The second-order valence-electron chi connectivity index (χ2n) is 8.55. The van der Waals surface area contributed by atoms with E-state index in [9.17, 15) is 9.59 Å². The van der Waals surface area contributed by atoms with Crippen molar-refractivity contribution in [2.75, 3.05) is 11.1 Å². The van der Waals surface area contributed by atoms with Crippen LogP contribution in [0.3, 0.4) is 0 Å². The predicted octanol–water partition coefficient (Wildman–Crippen LogP) is 5.29. The van der Waals surface area contributed by atoms with Gasteiger partial charge in [0.25, 0.3) is 5.91 Å². The van der Waals surface area contributed by atoms with E-state index in [1.165, 1.54) is 0 Å². The number of nitrogens with zero attached hydrogens (tertiary/aromatic N) is 1. The number of hydrogen-bond acceptors (Lipinski definition) is 4. The second-order valence-corrected chi connectivity index (χ2v) is 8.55. The van der Waals surface area contributed by atoms with Crippen LogP contribution >= 0.6 is 0 Å². The Balaban J connectivity index is 1.60. The fourth-order valence-corrected chi connectivity index (χ4v) is 3.30. The molecule has 31 heavy (non-hydrogen) atoms. The number of aromatic nitrogens is 2. The van der Waals surface area contributed by atoms with Gasteiger partial charge in [-0.15, -0.1) is 0 Å². The number of nitrogen functional groups attached to an aromatic ring is 1. The van der Waals surface area contributed by atoms with Gasteiger partial charge in [0.05, 0.1) is 11.0 Å². The maximum Gasteiger partial charge on any atom is 0.255 e. The summed E-state index contributed by atoms with van der Waals surface area (Å²) < 4.78 is 0. The van der Waals surface area contributed by atoms with Crippen molar-refractivity contribution in [3.63, 3.8) is 0 Å². The Kier molecular flexibility index (Phi) is 5.07. The highest BCUT2D eigenvalue weighted by Gasteiger charge is 2.23. The molecule has 4 rings (SSSR count). The molecule has 0 spiro atoms. The van der Waals surface area contributed by atoms with Gasteiger partial charge in [0.1, 0.15) is 5.82 Å². The minimum Gasteiger partial charge on any atom is -0.399 e. The third-order valence-corrected chi connectivity index (χ3v) is 4.99. The lowest BCUT2D eigenvalue weighted by Crippen LogP contribution is -2.19. The number of carbonyl (C=O) groups is 2. The first kappa shape index (κ1) is 20.3. The average molecular weight is 412 g/mol. The molecule has 4 N–H and O–H groups in total. The molecule has 3 aromatic carbocycles. The van der Waals surface area contributed by atoms with Crippen molar-refractivity contribution >= 4 is 34.1 Å². The molecule has 6 nitrogen and oxygen atoms in total. The maximum atomic E-state index is 12.6. The number of anilines is 2. The van der Waals surface area contributed by atoms with Gasteiger partial charge in [-0.25, -0.2) is 4.98 Å². The normalized spacial score (nSPS) is 11.5. The number of nitrogens with one attached hydrogen (secondary N) is 2. The van der Waals surface area contributed by atoms with Crippen LogP contribution in [0, 0.1) is 5.41 Å². The molecule has 156 valence electrons. The van der Waals surface area contributed by atoms with E-state index in [0.29, 0.717) is 28.3 Å². The Morgan fingerprint density at radius 3 is 2.35 bits per heavy atom. The largest absolute Gasteiger partial charge is 0.399 e. The van der Waals surface area contributed by atoms with Crippen molar-refractivity contribution in [3.05, 3.63) is 77.9 Å². The van der Waals surface area contributed by atoms with Crippen LogP contribution in [-0.4, -0.2) is 21.7 Å². The molecule has 0 saturated carbocycles. The number of nitrogens with two attached hydrogens (primary N) is 1. The van der Waals surface area contributed by atoms with E-state index in [2.05, 4.69) is 15.3 Å². The molecule has 1 amide bonds. The molecule has 1 aromatic heterocycles. The van der Waals surface area contributed by atoms with Crippen LogP contribution in [0.1, 0.15) is 41.5 Å². The van der Waals surface area contributed by atoms with Crippen molar-refractivity contribution in [2.24, 2.45) is 5.41 Å². The van der Waals surface area contributed by atoms with E-state index in [-0.39, 0.29) is 11.7 Å². The molecule has 1 heterocycles. The highest BCUT2D eigenvalue weighted by Crippen LogP contribution is 2.26. The van der Waals surface area contributed by atoms with E-state index < -0.39 is 5.41 Å². The minimum atomic E-state index is -0.455. The molecule has 0 aliphatic rings. The predicted molar refractivity (Wildman–Crippen MR) is 124 cm³/mol. The number of Topliss-reactive ketones (excluding diaryl/α,β-unsaturated/α-hetero) is 1. The van der Waals surface area contributed by atoms with Crippen LogP contribution in [0.25, 0.3) is 22.4 Å². The molecule has 0 bridgehead atoms. The van der Waals surface area contributed by atoms with Crippen LogP contribution in [0.4, 0.5) is 11.4 Å². The van der Waals surface area contributed by atoms with Gasteiger partial charge in [-0.3, -0.25) is 9.59 Å². The first-order valence-electron chi connectivity index (χ1n) is 10.0. The first-order chi connectivity index (χ1) is 14.7. The van der Waals surface area contributed by atoms with Crippen LogP contribution in [0.5, 0.6) is 0 Å². The third-order valence-electron chi connectivity index (χ3n) is 4.99. The first-order valence-corrected chi connectivity index (χ1v) is 10.0. The van der Waals surface area contributed by atoms with Gasteiger partial charge in [0.2, 0.25) is 0 Å². The summed E-state index contributed by atoms with van der Waals surface area (Å²) in [6.45, 7) is 5.71. The Hall–Kier alpha value is -3.93. The van der Waals surface area contributed by atoms with E-state index in [0.717, 1.165) is 16.6 Å². The number of carbonyl (C=O) groups excluding carboxylic acids is 2. The summed E-state index contributed by atoms with van der Waals surface area (Å²) in [5, 5.41) is 2.90. The smallest absolute Gasteiger partial charge is 0.255 e. The van der Waals surface area contributed by atoms with Gasteiger partial charge in [0, 0.05) is 33.5 Å². The summed E-state index contributed by atoms with van der Waals surface area (Å²) in [5.74, 6) is 0.525.